The summed E-state index contributed by atoms with van der Waals surface area (Å²) in [7, 11) is 0. The maximum absolute atomic E-state index is 12.8. The molecule has 0 aromatic heterocycles. The Bertz CT molecular complexity index is 1070. The molecule has 0 radical (unpaired) electrons. The van der Waals surface area contributed by atoms with Crippen LogP contribution >= 0.6 is 12.4 Å². The third-order valence-corrected chi connectivity index (χ3v) is 6.04. The van der Waals surface area contributed by atoms with E-state index >= 15 is 0 Å². The molecule has 2 aromatic rings. The number of nitrogens with one attached hydrogen (secondary N) is 3. The van der Waals surface area contributed by atoms with E-state index in [-0.39, 0.29) is 36.9 Å². The highest BCUT2D eigenvalue weighted by Crippen LogP contribution is 2.12. The number of benzene rings is 2. The summed E-state index contributed by atoms with van der Waals surface area (Å²) in [6.07, 6.45) is 4.25. The van der Waals surface area contributed by atoms with Crippen LogP contribution in [0.15, 0.2) is 54.6 Å². The van der Waals surface area contributed by atoms with Crippen LogP contribution in [-0.4, -0.2) is 79.0 Å². The Hall–Kier alpha value is -3.24. The van der Waals surface area contributed by atoms with E-state index in [4.69, 9.17) is 5.73 Å². The largest absolute Gasteiger partial charge is 0.508 e. The quantitative estimate of drug-likeness (QED) is 0.275. The van der Waals surface area contributed by atoms with Gasteiger partial charge in [-0.25, -0.2) is 0 Å². The van der Waals surface area contributed by atoms with Crippen molar-refractivity contribution in [3.8, 4) is 5.75 Å². The second-order valence-corrected chi connectivity index (χ2v) is 8.89. The van der Waals surface area contributed by atoms with E-state index in [1.54, 1.807) is 24.3 Å². The number of hydrogen-bond donors (Lipinski definition) is 5. The Morgan fingerprint density at radius 3 is 2.46 bits per heavy atom. The molecular weight excluding hydrogens is 494 g/mol. The number of rotatable bonds is 11. The zero-order valence-electron chi connectivity index (χ0n) is 21.0. The first-order valence-electron chi connectivity index (χ1n) is 12.2. The number of carbonyl (C=O) groups is 3. The van der Waals surface area contributed by atoms with Gasteiger partial charge in [0.1, 0.15) is 11.8 Å². The number of phenols is 1. The van der Waals surface area contributed by atoms with Gasteiger partial charge in [0, 0.05) is 38.3 Å². The Kier molecular flexibility index (Phi) is 12.2. The van der Waals surface area contributed by atoms with E-state index in [2.05, 4.69) is 26.9 Å². The zero-order chi connectivity index (χ0) is 25.9. The molecule has 6 N–H and O–H groups in total. The molecule has 2 amide bonds. The molecule has 9 nitrogen and oxygen atoms in total. The van der Waals surface area contributed by atoms with Gasteiger partial charge >= 0.3 is 0 Å². The molecule has 1 saturated heterocycles. The molecule has 3 rings (SSSR count). The van der Waals surface area contributed by atoms with E-state index in [1.165, 1.54) is 19.1 Å². The number of piperazine rings is 1. The van der Waals surface area contributed by atoms with Gasteiger partial charge in [-0.1, -0.05) is 48.6 Å². The minimum Gasteiger partial charge on any atom is -0.508 e. The first-order valence-corrected chi connectivity index (χ1v) is 12.2. The number of nitrogens with zero attached hydrogens (tertiary/aromatic N) is 1. The Labute approximate surface area is 223 Å². The van der Waals surface area contributed by atoms with Crippen molar-refractivity contribution >= 4 is 36.1 Å². The molecule has 0 bridgehead atoms. The van der Waals surface area contributed by atoms with E-state index in [0.29, 0.717) is 5.56 Å². The van der Waals surface area contributed by atoms with Crippen molar-refractivity contribution in [2.75, 3.05) is 39.3 Å². The van der Waals surface area contributed by atoms with Crippen molar-refractivity contribution in [1.29, 1.82) is 0 Å². The lowest BCUT2D eigenvalue weighted by Crippen LogP contribution is -2.51. The van der Waals surface area contributed by atoms with Crippen LogP contribution in [0.1, 0.15) is 28.4 Å². The lowest BCUT2D eigenvalue weighted by molar-refractivity contribution is -0.129. The minimum atomic E-state index is -0.856. The van der Waals surface area contributed by atoms with E-state index < -0.39 is 23.9 Å². The first-order chi connectivity index (χ1) is 17.3. The molecule has 2 aromatic carbocycles. The lowest BCUT2D eigenvalue weighted by atomic mass is 10.0. The Balaban J connectivity index is 0.00000481. The van der Waals surface area contributed by atoms with Gasteiger partial charge in [0.25, 0.3) is 0 Å². The molecule has 1 fully saturated rings. The van der Waals surface area contributed by atoms with Crippen LogP contribution in [0.4, 0.5) is 0 Å². The van der Waals surface area contributed by atoms with Gasteiger partial charge < -0.3 is 26.8 Å². The summed E-state index contributed by atoms with van der Waals surface area (Å²) in [5.41, 5.74) is 8.08. The van der Waals surface area contributed by atoms with Gasteiger partial charge in [0.2, 0.25) is 11.8 Å². The molecule has 200 valence electrons. The van der Waals surface area contributed by atoms with E-state index in [0.717, 1.165) is 43.9 Å². The van der Waals surface area contributed by atoms with Crippen molar-refractivity contribution in [3.05, 3.63) is 71.3 Å². The van der Waals surface area contributed by atoms with Crippen LogP contribution < -0.4 is 21.7 Å². The van der Waals surface area contributed by atoms with Gasteiger partial charge in [-0.2, -0.15) is 0 Å². The summed E-state index contributed by atoms with van der Waals surface area (Å²) in [6, 6.07) is 12.0. The lowest BCUT2D eigenvalue weighted by Gasteiger charge is -2.25. The molecule has 0 spiro atoms. The van der Waals surface area contributed by atoms with Gasteiger partial charge in [-0.15, -0.1) is 12.4 Å². The number of nitrogens with two attached hydrogens (primary N) is 1. The zero-order valence-corrected chi connectivity index (χ0v) is 21.8. The molecule has 0 saturated carbocycles. The van der Waals surface area contributed by atoms with Crippen molar-refractivity contribution in [2.24, 2.45) is 5.73 Å². The summed E-state index contributed by atoms with van der Waals surface area (Å²) in [4.78, 5) is 40.1. The standard InChI is InChI=1S/C27H35N5O4.ClH/c1-19(31-27(36)24(28)17-20-8-10-22(33)11-9-20)26(35)30-18-25(34)23-7-3-2-5-21(23)6-4-14-32-15-12-29-13-16-32;/h2-11,19,24,29,33H,12-18,28H2,1H3,(H,30,35)(H,31,36);1H/b6-4+;/t19-,24?;/m1./s1. The van der Waals surface area contributed by atoms with Crippen LogP contribution in [0.3, 0.4) is 0 Å². The number of halogens is 1. The monoisotopic (exact) mass is 529 g/mol. The average molecular weight is 530 g/mol. The predicted molar refractivity (Wildman–Crippen MR) is 147 cm³/mol. The van der Waals surface area contributed by atoms with E-state index in [1.807, 2.05) is 18.2 Å². The molecular formula is C27H36ClN5O4. The normalized spacial score (nSPS) is 15.4. The summed E-state index contributed by atoms with van der Waals surface area (Å²) >= 11 is 0. The van der Waals surface area contributed by atoms with Crippen LogP contribution in [0, 0.1) is 0 Å². The van der Waals surface area contributed by atoms with Crippen molar-refractivity contribution in [3.63, 3.8) is 0 Å². The molecule has 1 aliphatic rings. The molecule has 0 aliphatic carbocycles. The van der Waals surface area contributed by atoms with Gasteiger partial charge in [-0.05, 0) is 36.6 Å². The fourth-order valence-corrected chi connectivity index (χ4v) is 3.90. The number of ketones is 1. The smallest absolute Gasteiger partial charge is 0.242 e. The minimum absolute atomic E-state index is 0. The van der Waals surface area contributed by atoms with Crippen LogP contribution in [-0.2, 0) is 16.0 Å². The van der Waals surface area contributed by atoms with Gasteiger partial charge in [-0.3, -0.25) is 19.3 Å². The van der Waals surface area contributed by atoms with Crippen LogP contribution in [0.2, 0.25) is 0 Å². The number of carbonyl (C=O) groups excluding carboxylic acids is 3. The molecule has 10 heteroatoms. The van der Waals surface area contributed by atoms with E-state index in [9.17, 15) is 19.5 Å². The van der Waals surface area contributed by atoms with Crippen molar-refractivity contribution < 1.29 is 19.5 Å². The summed E-state index contributed by atoms with van der Waals surface area (Å²) in [6.45, 7) is 6.12. The van der Waals surface area contributed by atoms with Crippen LogP contribution in [0.25, 0.3) is 6.08 Å². The second-order valence-electron chi connectivity index (χ2n) is 8.89. The number of Topliss-reactive ketones (excluding diaryl/α,β-unsaturated/α-hetero) is 1. The topological polar surface area (TPSA) is 137 Å². The highest BCUT2D eigenvalue weighted by molar-refractivity contribution is 6.02. The fraction of sp³-hybridized carbons (Fsp3) is 0.370. The molecule has 2 atom stereocenters. The number of amides is 2. The Morgan fingerprint density at radius 1 is 1.08 bits per heavy atom. The number of phenolic OH excluding ortho intramolecular Hbond substituents is 1. The number of hydrogen-bond acceptors (Lipinski definition) is 7. The third kappa shape index (κ3) is 9.62. The maximum atomic E-state index is 12.8. The molecule has 1 aliphatic heterocycles. The molecule has 1 unspecified atom stereocenters. The van der Waals surface area contributed by atoms with Crippen molar-refractivity contribution in [1.82, 2.24) is 20.9 Å². The predicted octanol–water partition coefficient (Wildman–Crippen LogP) is 1.11. The first kappa shape index (κ1) is 30.0. The van der Waals surface area contributed by atoms with Gasteiger partial charge in [0.15, 0.2) is 5.78 Å². The fourth-order valence-electron chi connectivity index (χ4n) is 3.90. The highest BCUT2D eigenvalue weighted by Gasteiger charge is 2.21. The summed E-state index contributed by atoms with van der Waals surface area (Å²) in [5, 5.41) is 17.9. The Morgan fingerprint density at radius 2 is 1.76 bits per heavy atom. The second kappa shape index (κ2) is 15.1. The third-order valence-electron chi connectivity index (χ3n) is 6.04. The van der Waals surface area contributed by atoms with Crippen LogP contribution in [0.5, 0.6) is 5.75 Å². The summed E-state index contributed by atoms with van der Waals surface area (Å²) in [5.74, 6) is -1.03. The highest BCUT2D eigenvalue weighted by atomic mass is 35.5. The maximum Gasteiger partial charge on any atom is 0.242 e. The number of aromatic hydroxyl groups is 1. The SMILES string of the molecule is C[C@@H](NC(=O)C(N)Cc1ccc(O)cc1)C(=O)NCC(=O)c1ccccc1/C=C/CN1CCNCC1.Cl. The summed E-state index contributed by atoms with van der Waals surface area (Å²) < 4.78 is 0. The van der Waals surface area contributed by atoms with Gasteiger partial charge in [0.05, 0.1) is 12.6 Å². The molecule has 37 heavy (non-hydrogen) atoms. The molecule has 1 heterocycles. The van der Waals surface area contributed by atoms with Crippen molar-refractivity contribution in [2.45, 2.75) is 25.4 Å². The average Bonchev–Trinajstić information content (AvgIpc) is 2.89.